The number of amides is 1. The maximum Gasteiger partial charge on any atom is 0.255 e. The zero-order valence-electron chi connectivity index (χ0n) is 15.0. The van der Waals surface area contributed by atoms with Crippen LogP contribution in [0.15, 0.2) is 55.0 Å². The number of hydrogen-bond donors (Lipinski definition) is 0. The second-order valence-corrected chi connectivity index (χ2v) is 7.11. The summed E-state index contributed by atoms with van der Waals surface area (Å²) in [6.45, 7) is 3.32. The van der Waals surface area contributed by atoms with E-state index in [4.69, 9.17) is 11.6 Å². The second kappa shape index (κ2) is 7.50. The second-order valence-electron chi connectivity index (χ2n) is 6.68. The van der Waals surface area contributed by atoms with E-state index in [0.29, 0.717) is 10.6 Å². The van der Waals surface area contributed by atoms with E-state index in [-0.39, 0.29) is 5.91 Å². The van der Waals surface area contributed by atoms with Crippen LogP contribution in [-0.2, 0) is 0 Å². The maximum absolute atomic E-state index is 12.6. The predicted molar refractivity (Wildman–Crippen MR) is 105 cm³/mol. The number of aromatic nitrogens is 3. The van der Waals surface area contributed by atoms with Crippen LogP contribution in [0.4, 0.5) is 0 Å². The highest BCUT2D eigenvalue weighted by Gasteiger charge is 2.20. The van der Waals surface area contributed by atoms with E-state index < -0.39 is 0 Å². The van der Waals surface area contributed by atoms with E-state index in [1.807, 2.05) is 47.5 Å². The molecule has 0 unspecified atom stereocenters. The van der Waals surface area contributed by atoms with Gasteiger partial charge in [-0.15, -0.1) is 0 Å². The van der Waals surface area contributed by atoms with Gasteiger partial charge in [0, 0.05) is 49.2 Å². The van der Waals surface area contributed by atoms with E-state index in [2.05, 4.69) is 22.0 Å². The lowest BCUT2D eigenvalue weighted by Crippen LogP contribution is -2.47. The zero-order chi connectivity index (χ0) is 18.8. The van der Waals surface area contributed by atoms with Crippen molar-refractivity contribution in [1.82, 2.24) is 24.6 Å². The lowest BCUT2D eigenvalue weighted by atomic mass is 10.1. The number of nitrogens with zero attached hydrogens (tertiary/aromatic N) is 5. The smallest absolute Gasteiger partial charge is 0.255 e. The molecule has 0 N–H and O–H groups in total. The first-order valence-electron chi connectivity index (χ1n) is 8.85. The van der Waals surface area contributed by atoms with Crippen molar-refractivity contribution >= 4 is 17.5 Å². The number of hydrogen-bond acceptors (Lipinski definition) is 4. The van der Waals surface area contributed by atoms with Crippen LogP contribution < -0.4 is 0 Å². The van der Waals surface area contributed by atoms with Gasteiger partial charge in [0.1, 0.15) is 0 Å². The molecular formula is C20H20ClN5O. The fourth-order valence-electron chi connectivity index (χ4n) is 3.07. The van der Waals surface area contributed by atoms with E-state index in [0.717, 1.165) is 43.1 Å². The average Bonchev–Trinajstić information content (AvgIpc) is 3.19. The third kappa shape index (κ3) is 3.86. The molecule has 1 aliphatic rings. The Morgan fingerprint density at radius 1 is 1.00 bits per heavy atom. The van der Waals surface area contributed by atoms with Gasteiger partial charge in [0.05, 0.1) is 23.1 Å². The van der Waals surface area contributed by atoms with Gasteiger partial charge in [-0.3, -0.25) is 9.78 Å². The summed E-state index contributed by atoms with van der Waals surface area (Å²) in [5.74, 6) is 0.0407. The van der Waals surface area contributed by atoms with Gasteiger partial charge in [-0.1, -0.05) is 11.6 Å². The fraction of sp³-hybridized carbons (Fsp3) is 0.250. The van der Waals surface area contributed by atoms with Crippen molar-refractivity contribution in [1.29, 1.82) is 0 Å². The summed E-state index contributed by atoms with van der Waals surface area (Å²) in [7, 11) is 2.07. The summed E-state index contributed by atoms with van der Waals surface area (Å²) >= 11 is 5.93. The van der Waals surface area contributed by atoms with Crippen LogP contribution in [0.1, 0.15) is 10.4 Å². The molecule has 0 spiro atoms. The Labute approximate surface area is 163 Å². The highest BCUT2D eigenvalue weighted by Crippen LogP contribution is 2.20. The van der Waals surface area contributed by atoms with Crippen LogP contribution in [0.25, 0.3) is 16.9 Å². The molecule has 27 heavy (non-hydrogen) atoms. The molecule has 0 atom stereocenters. The molecule has 0 saturated carbocycles. The summed E-state index contributed by atoms with van der Waals surface area (Å²) in [4.78, 5) is 21.2. The fourth-order valence-corrected chi connectivity index (χ4v) is 3.20. The van der Waals surface area contributed by atoms with Crippen LogP contribution in [0.2, 0.25) is 5.02 Å². The molecule has 1 saturated heterocycles. The predicted octanol–water partition coefficient (Wildman–Crippen LogP) is 2.98. The number of carbonyl (C=O) groups excluding carboxylic acids is 1. The molecule has 3 aromatic rings. The minimum atomic E-state index is 0.0407. The summed E-state index contributed by atoms with van der Waals surface area (Å²) in [5, 5.41) is 5.07. The van der Waals surface area contributed by atoms with Gasteiger partial charge in [-0.2, -0.15) is 5.10 Å². The van der Waals surface area contributed by atoms with Gasteiger partial charge in [0.2, 0.25) is 0 Å². The van der Waals surface area contributed by atoms with Crippen LogP contribution in [0, 0.1) is 0 Å². The third-order valence-corrected chi connectivity index (χ3v) is 5.02. The molecule has 1 aromatic carbocycles. The first-order valence-corrected chi connectivity index (χ1v) is 9.23. The summed E-state index contributed by atoms with van der Waals surface area (Å²) in [5.41, 5.74) is 3.22. The number of piperazine rings is 1. The Bertz CT molecular complexity index is 928. The van der Waals surface area contributed by atoms with E-state index in [9.17, 15) is 4.79 Å². The van der Waals surface area contributed by atoms with Crippen molar-refractivity contribution in [3.63, 3.8) is 0 Å². The highest BCUT2D eigenvalue weighted by molar-refractivity contribution is 6.30. The number of rotatable bonds is 3. The molecule has 0 aliphatic carbocycles. The lowest BCUT2D eigenvalue weighted by Gasteiger charge is -2.32. The van der Waals surface area contributed by atoms with Crippen molar-refractivity contribution < 1.29 is 4.79 Å². The van der Waals surface area contributed by atoms with Crippen LogP contribution >= 0.6 is 11.6 Å². The normalized spacial score (nSPS) is 15.1. The van der Waals surface area contributed by atoms with Crippen LogP contribution in [0.3, 0.4) is 0 Å². The Hall–Kier alpha value is -2.70. The topological polar surface area (TPSA) is 54.3 Å². The van der Waals surface area contributed by atoms with Crippen molar-refractivity contribution in [3.05, 3.63) is 65.6 Å². The molecule has 7 heteroatoms. The molecule has 1 amide bonds. The van der Waals surface area contributed by atoms with E-state index >= 15 is 0 Å². The van der Waals surface area contributed by atoms with Gasteiger partial charge < -0.3 is 9.80 Å². The van der Waals surface area contributed by atoms with Gasteiger partial charge >= 0.3 is 0 Å². The summed E-state index contributed by atoms with van der Waals surface area (Å²) < 4.78 is 1.77. The molecule has 138 valence electrons. The van der Waals surface area contributed by atoms with Crippen molar-refractivity contribution in [3.8, 4) is 16.9 Å². The molecule has 3 heterocycles. The zero-order valence-corrected chi connectivity index (χ0v) is 15.8. The first-order chi connectivity index (χ1) is 13.1. The Balaban J connectivity index is 1.49. The van der Waals surface area contributed by atoms with Crippen LogP contribution in [0.5, 0.6) is 0 Å². The van der Waals surface area contributed by atoms with Crippen LogP contribution in [-0.4, -0.2) is 63.7 Å². The first kappa shape index (κ1) is 17.7. The SMILES string of the molecule is CN1CCN(C(=O)c2ccc(-c3cnn(-c4ccc(Cl)cc4)c3)nc2)CC1. The number of likely N-dealkylation sites (N-methyl/N-ethyl adjacent to an activating group) is 1. The number of pyridine rings is 1. The molecule has 2 aromatic heterocycles. The number of carbonyl (C=O) groups is 1. The molecule has 1 fully saturated rings. The highest BCUT2D eigenvalue weighted by atomic mass is 35.5. The minimum absolute atomic E-state index is 0.0407. The Kier molecular flexibility index (Phi) is 4.92. The van der Waals surface area contributed by atoms with Gasteiger partial charge in [0.15, 0.2) is 0 Å². The average molecular weight is 382 g/mol. The number of halogens is 1. The van der Waals surface area contributed by atoms with E-state index in [1.54, 1.807) is 17.1 Å². The quantitative estimate of drug-likeness (QED) is 0.700. The molecule has 4 rings (SSSR count). The maximum atomic E-state index is 12.6. The minimum Gasteiger partial charge on any atom is -0.336 e. The summed E-state index contributed by atoms with van der Waals surface area (Å²) in [6.07, 6.45) is 5.32. The van der Waals surface area contributed by atoms with Gasteiger partial charge in [-0.05, 0) is 43.4 Å². The lowest BCUT2D eigenvalue weighted by molar-refractivity contribution is 0.0663. The van der Waals surface area contributed by atoms with Gasteiger partial charge in [0.25, 0.3) is 5.91 Å². The number of benzene rings is 1. The standard InChI is InChI=1S/C20H20ClN5O/c1-24-8-10-25(11-9-24)20(27)15-2-7-19(22-12-15)16-13-23-26(14-16)18-5-3-17(21)4-6-18/h2-7,12-14H,8-11H2,1H3. The monoisotopic (exact) mass is 381 g/mol. The molecular weight excluding hydrogens is 362 g/mol. The Morgan fingerprint density at radius 2 is 1.74 bits per heavy atom. The van der Waals surface area contributed by atoms with Crippen molar-refractivity contribution in [2.24, 2.45) is 0 Å². The largest absolute Gasteiger partial charge is 0.336 e. The molecule has 0 radical (unpaired) electrons. The summed E-state index contributed by atoms with van der Waals surface area (Å²) in [6, 6.07) is 11.2. The molecule has 6 nitrogen and oxygen atoms in total. The third-order valence-electron chi connectivity index (χ3n) is 4.77. The molecule has 1 aliphatic heterocycles. The molecule has 0 bridgehead atoms. The van der Waals surface area contributed by atoms with Gasteiger partial charge in [-0.25, -0.2) is 4.68 Å². The van der Waals surface area contributed by atoms with Crippen molar-refractivity contribution in [2.45, 2.75) is 0 Å². The van der Waals surface area contributed by atoms with E-state index in [1.165, 1.54) is 0 Å². The Morgan fingerprint density at radius 3 is 2.41 bits per heavy atom. The van der Waals surface area contributed by atoms with Crippen molar-refractivity contribution in [2.75, 3.05) is 33.2 Å².